The largest absolute Gasteiger partial charge is 0.376 e. The van der Waals surface area contributed by atoms with Crippen molar-refractivity contribution < 1.29 is 14.3 Å². The van der Waals surface area contributed by atoms with Gasteiger partial charge in [-0.1, -0.05) is 6.92 Å². The summed E-state index contributed by atoms with van der Waals surface area (Å²) in [6.07, 6.45) is 6.21. The maximum absolute atomic E-state index is 12.5. The lowest BCUT2D eigenvalue weighted by Crippen LogP contribution is -2.42. The molecule has 0 aromatic rings. The molecule has 2 saturated heterocycles. The van der Waals surface area contributed by atoms with Gasteiger partial charge in [-0.15, -0.1) is 0 Å². The average molecular weight is 298 g/mol. The Balaban J connectivity index is 1.84. The molecule has 2 N–H and O–H groups in total. The van der Waals surface area contributed by atoms with Gasteiger partial charge in [-0.3, -0.25) is 4.79 Å². The molecule has 21 heavy (non-hydrogen) atoms. The van der Waals surface area contributed by atoms with Crippen molar-refractivity contribution in [1.82, 2.24) is 4.90 Å². The van der Waals surface area contributed by atoms with Gasteiger partial charge in [0.1, 0.15) is 0 Å². The van der Waals surface area contributed by atoms with E-state index < -0.39 is 0 Å². The highest BCUT2D eigenvalue weighted by Crippen LogP contribution is 2.18. The van der Waals surface area contributed by atoms with Crippen molar-refractivity contribution in [2.75, 3.05) is 32.8 Å². The molecular formula is C16H30N2O3. The summed E-state index contributed by atoms with van der Waals surface area (Å²) in [5.41, 5.74) is 5.63. The van der Waals surface area contributed by atoms with E-state index in [0.29, 0.717) is 18.9 Å². The molecule has 0 spiro atoms. The normalized spacial score (nSPS) is 27.0. The number of nitrogens with two attached hydrogens (primary N) is 1. The van der Waals surface area contributed by atoms with Gasteiger partial charge in [-0.05, 0) is 44.6 Å². The topological polar surface area (TPSA) is 64.8 Å². The predicted molar refractivity (Wildman–Crippen MR) is 82.0 cm³/mol. The molecule has 0 bridgehead atoms. The van der Waals surface area contributed by atoms with Gasteiger partial charge in [0.2, 0.25) is 5.91 Å². The Bertz CT molecular complexity index is 295. The fourth-order valence-electron chi connectivity index (χ4n) is 2.99. The maximum Gasteiger partial charge on any atom is 0.222 e. The van der Waals surface area contributed by atoms with Gasteiger partial charge < -0.3 is 20.1 Å². The summed E-state index contributed by atoms with van der Waals surface area (Å²) in [4.78, 5) is 14.5. The van der Waals surface area contributed by atoms with E-state index in [2.05, 4.69) is 6.92 Å². The lowest BCUT2D eigenvalue weighted by molar-refractivity contribution is -0.134. The van der Waals surface area contributed by atoms with Crippen LogP contribution in [-0.4, -0.2) is 55.9 Å². The summed E-state index contributed by atoms with van der Waals surface area (Å²) in [6.45, 7) is 5.83. The van der Waals surface area contributed by atoms with Crippen LogP contribution in [0.1, 0.15) is 45.4 Å². The number of nitrogens with zero attached hydrogens (tertiary/aromatic N) is 1. The van der Waals surface area contributed by atoms with Crippen molar-refractivity contribution in [3.8, 4) is 0 Å². The molecule has 2 aliphatic heterocycles. The van der Waals surface area contributed by atoms with Crippen LogP contribution in [0.4, 0.5) is 0 Å². The Morgan fingerprint density at radius 3 is 2.19 bits per heavy atom. The smallest absolute Gasteiger partial charge is 0.222 e. The van der Waals surface area contributed by atoms with Crippen LogP contribution in [0.3, 0.4) is 0 Å². The predicted octanol–water partition coefficient (Wildman–Crippen LogP) is 1.55. The molecule has 3 atom stereocenters. The number of carbonyl (C=O) groups is 1. The van der Waals surface area contributed by atoms with Gasteiger partial charge in [0.15, 0.2) is 0 Å². The van der Waals surface area contributed by atoms with Crippen LogP contribution in [0.15, 0.2) is 0 Å². The summed E-state index contributed by atoms with van der Waals surface area (Å²) in [5.74, 6) is 0.627. The molecule has 3 unspecified atom stereocenters. The summed E-state index contributed by atoms with van der Waals surface area (Å²) in [7, 11) is 0. The molecule has 2 rings (SSSR count). The second-order valence-electron chi connectivity index (χ2n) is 6.45. The van der Waals surface area contributed by atoms with Crippen LogP contribution in [0.5, 0.6) is 0 Å². The summed E-state index contributed by atoms with van der Waals surface area (Å²) < 4.78 is 11.4. The Morgan fingerprint density at radius 1 is 1.19 bits per heavy atom. The number of amides is 1. The molecule has 122 valence electrons. The van der Waals surface area contributed by atoms with Crippen LogP contribution >= 0.6 is 0 Å². The SMILES string of the molecule is CC(CN)CCC(=O)N(CC1CCCO1)CC1CCCO1. The van der Waals surface area contributed by atoms with Gasteiger partial charge in [-0.2, -0.15) is 0 Å². The van der Waals surface area contributed by atoms with Crippen molar-refractivity contribution in [2.24, 2.45) is 11.7 Å². The zero-order chi connectivity index (χ0) is 15.1. The molecule has 0 aliphatic carbocycles. The summed E-state index contributed by atoms with van der Waals surface area (Å²) in [6, 6.07) is 0. The molecule has 2 aliphatic rings. The fraction of sp³-hybridized carbons (Fsp3) is 0.938. The third-order valence-electron chi connectivity index (χ3n) is 4.50. The molecule has 2 heterocycles. The number of carbonyl (C=O) groups excluding carboxylic acids is 1. The van der Waals surface area contributed by atoms with Crippen molar-refractivity contribution in [3.63, 3.8) is 0 Å². The Kier molecular flexibility index (Phi) is 6.93. The first-order chi connectivity index (χ1) is 10.2. The highest BCUT2D eigenvalue weighted by atomic mass is 16.5. The summed E-state index contributed by atoms with van der Waals surface area (Å²) in [5, 5.41) is 0. The van der Waals surface area contributed by atoms with E-state index >= 15 is 0 Å². The molecule has 2 fully saturated rings. The van der Waals surface area contributed by atoms with Crippen molar-refractivity contribution in [2.45, 2.75) is 57.7 Å². The summed E-state index contributed by atoms with van der Waals surface area (Å²) >= 11 is 0. The van der Waals surface area contributed by atoms with Gasteiger partial charge in [0.25, 0.3) is 0 Å². The molecule has 5 heteroatoms. The average Bonchev–Trinajstić information content (AvgIpc) is 3.17. The monoisotopic (exact) mass is 298 g/mol. The number of hydrogen-bond donors (Lipinski definition) is 1. The Morgan fingerprint density at radius 2 is 1.76 bits per heavy atom. The fourth-order valence-corrected chi connectivity index (χ4v) is 2.99. The van der Waals surface area contributed by atoms with E-state index in [1.807, 2.05) is 4.90 Å². The quantitative estimate of drug-likeness (QED) is 0.738. The van der Waals surface area contributed by atoms with Crippen molar-refractivity contribution in [3.05, 3.63) is 0 Å². The standard InChI is InChI=1S/C16H30N2O3/c1-13(10-17)6-7-16(19)18(11-14-4-2-8-20-14)12-15-5-3-9-21-15/h13-15H,2-12,17H2,1H3. The van der Waals surface area contributed by atoms with E-state index in [4.69, 9.17) is 15.2 Å². The minimum atomic E-state index is 0.210. The number of rotatable bonds is 8. The van der Waals surface area contributed by atoms with Gasteiger partial charge >= 0.3 is 0 Å². The second kappa shape index (κ2) is 8.71. The molecule has 0 saturated carbocycles. The van der Waals surface area contributed by atoms with E-state index in [1.54, 1.807) is 0 Å². The molecule has 0 aromatic heterocycles. The van der Waals surface area contributed by atoms with Crippen LogP contribution in [-0.2, 0) is 14.3 Å². The second-order valence-corrected chi connectivity index (χ2v) is 6.45. The molecule has 1 amide bonds. The van der Waals surface area contributed by atoms with Gasteiger partial charge in [0, 0.05) is 32.7 Å². The zero-order valence-electron chi connectivity index (χ0n) is 13.3. The molecular weight excluding hydrogens is 268 g/mol. The third-order valence-corrected chi connectivity index (χ3v) is 4.50. The van der Waals surface area contributed by atoms with Gasteiger partial charge in [0.05, 0.1) is 12.2 Å². The van der Waals surface area contributed by atoms with E-state index in [-0.39, 0.29) is 18.1 Å². The minimum absolute atomic E-state index is 0.210. The zero-order valence-corrected chi connectivity index (χ0v) is 13.3. The van der Waals surface area contributed by atoms with E-state index in [9.17, 15) is 4.79 Å². The maximum atomic E-state index is 12.5. The van der Waals surface area contributed by atoms with E-state index in [1.165, 1.54) is 0 Å². The first-order valence-corrected chi connectivity index (χ1v) is 8.40. The third kappa shape index (κ3) is 5.57. The van der Waals surface area contributed by atoms with Crippen LogP contribution in [0.2, 0.25) is 0 Å². The Hall–Kier alpha value is -0.650. The van der Waals surface area contributed by atoms with Crippen LogP contribution in [0.25, 0.3) is 0 Å². The van der Waals surface area contributed by atoms with Crippen molar-refractivity contribution >= 4 is 5.91 Å². The number of hydrogen-bond acceptors (Lipinski definition) is 4. The highest BCUT2D eigenvalue weighted by molar-refractivity contribution is 5.76. The first-order valence-electron chi connectivity index (χ1n) is 8.40. The number of ether oxygens (including phenoxy) is 2. The lowest BCUT2D eigenvalue weighted by atomic mass is 10.1. The molecule has 5 nitrogen and oxygen atoms in total. The lowest BCUT2D eigenvalue weighted by Gasteiger charge is -2.28. The minimum Gasteiger partial charge on any atom is -0.376 e. The van der Waals surface area contributed by atoms with Crippen LogP contribution in [0, 0.1) is 5.92 Å². The van der Waals surface area contributed by atoms with Crippen molar-refractivity contribution in [1.29, 1.82) is 0 Å². The molecule has 0 radical (unpaired) electrons. The Labute approximate surface area is 128 Å². The molecule has 0 aromatic carbocycles. The highest BCUT2D eigenvalue weighted by Gasteiger charge is 2.26. The van der Waals surface area contributed by atoms with Gasteiger partial charge in [-0.25, -0.2) is 0 Å². The van der Waals surface area contributed by atoms with Crippen LogP contribution < -0.4 is 5.73 Å². The van der Waals surface area contributed by atoms with E-state index in [0.717, 1.165) is 58.4 Å². The first kappa shape index (κ1) is 16.7.